The lowest BCUT2D eigenvalue weighted by Gasteiger charge is -2.07. The Labute approximate surface area is 134 Å². The first-order valence-corrected chi connectivity index (χ1v) is 7.45. The molecule has 0 aliphatic rings. The molecule has 0 aliphatic carbocycles. The lowest BCUT2D eigenvalue weighted by molar-refractivity contribution is -0.121. The number of hydrogen-bond acceptors (Lipinski definition) is 4. The molecule has 5 nitrogen and oxygen atoms in total. The Hall–Kier alpha value is -2.95. The highest BCUT2D eigenvalue weighted by atomic mass is 16.5. The predicted octanol–water partition coefficient (Wildman–Crippen LogP) is 2.72. The van der Waals surface area contributed by atoms with Crippen molar-refractivity contribution in [2.24, 2.45) is 0 Å². The Kier molecular flexibility index (Phi) is 4.79. The zero-order chi connectivity index (χ0) is 15.9. The van der Waals surface area contributed by atoms with Gasteiger partial charge < -0.3 is 10.1 Å². The summed E-state index contributed by atoms with van der Waals surface area (Å²) >= 11 is 0. The van der Waals surface area contributed by atoms with Gasteiger partial charge in [-0.05, 0) is 29.8 Å². The van der Waals surface area contributed by atoms with Gasteiger partial charge in [0.1, 0.15) is 5.75 Å². The number of hydrogen-bond donors (Lipinski definition) is 1. The molecule has 116 valence electrons. The standard InChI is InChI=1S/C18H17N3O2/c22-18(8-11-23-15-4-2-1-3-5-15)21-13-14-6-7-16-17(12-14)20-10-9-19-16/h1-7,9-10,12H,8,11,13H2,(H,21,22). The number of benzene rings is 2. The van der Waals surface area contributed by atoms with Crippen LogP contribution in [0.15, 0.2) is 60.9 Å². The number of rotatable bonds is 6. The molecule has 2 aromatic carbocycles. The van der Waals surface area contributed by atoms with E-state index in [0.717, 1.165) is 22.3 Å². The van der Waals surface area contributed by atoms with E-state index >= 15 is 0 Å². The SMILES string of the molecule is O=C(CCOc1ccccc1)NCc1ccc2nccnc2c1. The first kappa shape index (κ1) is 15.0. The lowest BCUT2D eigenvalue weighted by atomic mass is 10.2. The monoisotopic (exact) mass is 307 g/mol. The van der Waals surface area contributed by atoms with Crippen molar-refractivity contribution in [3.8, 4) is 5.75 Å². The van der Waals surface area contributed by atoms with Crippen LogP contribution in [0.3, 0.4) is 0 Å². The Morgan fingerprint density at radius 3 is 2.61 bits per heavy atom. The van der Waals surface area contributed by atoms with Crippen LogP contribution in [0.25, 0.3) is 11.0 Å². The van der Waals surface area contributed by atoms with Crippen molar-refractivity contribution < 1.29 is 9.53 Å². The number of para-hydroxylation sites is 1. The van der Waals surface area contributed by atoms with E-state index in [1.807, 2.05) is 48.5 Å². The van der Waals surface area contributed by atoms with Crippen molar-refractivity contribution in [2.45, 2.75) is 13.0 Å². The third kappa shape index (κ3) is 4.26. The molecule has 0 spiro atoms. The Morgan fingerprint density at radius 1 is 1.00 bits per heavy atom. The summed E-state index contributed by atoms with van der Waals surface area (Å²) in [6.45, 7) is 0.829. The van der Waals surface area contributed by atoms with E-state index in [2.05, 4.69) is 15.3 Å². The van der Waals surface area contributed by atoms with Crippen LogP contribution in [0.2, 0.25) is 0 Å². The van der Waals surface area contributed by atoms with Gasteiger partial charge in [0.2, 0.25) is 5.91 Å². The number of amides is 1. The lowest BCUT2D eigenvalue weighted by Crippen LogP contribution is -2.24. The molecule has 0 unspecified atom stereocenters. The molecule has 0 saturated carbocycles. The van der Waals surface area contributed by atoms with Gasteiger partial charge >= 0.3 is 0 Å². The highest BCUT2D eigenvalue weighted by Crippen LogP contribution is 2.11. The number of fused-ring (bicyclic) bond motifs is 1. The van der Waals surface area contributed by atoms with Crippen molar-refractivity contribution >= 4 is 16.9 Å². The Bertz CT molecular complexity index is 790. The van der Waals surface area contributed by atoms with Gasteiger partial charge in [0.25, 0.3) is 0 Å². The van der Waals surface area contributed by atoms with E-state index in [9.17, 15) is 4.79 Å². The summed E-state index contributed by atoms with van der Waals surface area (Å²) in [6, 6.07) is 15.2. The average Bonchev–Trinajstić information content (AvgIpc) is 2.61. The van der Waals surface area contributed by atoms with Crippen molar-refractivity contribution in [1.29, 1.82) is 0 Å². The molecule has 1 aromatic heterocycles. The molecule has 1 N–H and O–H groups in total. The first-order valence-electron chi connectivity index (χ1n) is 7.45. The van der Waals surface area contributed by atoms with Crippen LogP contribution in [0, 0.1) is 0 Å². The predicted molar refractivity (Wildman–Crippen MR) is 87.9 cm³/mol. The molecule has 23 heavy (non-hydrogen) atoms. The summed E-state index contributed by atoms with van der Waals surface area (Å²) < 4.78 is 5.51. The maximum atomic E-state index is 11.9. The van der Waals surface area contributed by atoms with Crippen molar-refractivity contribution in [3.63, 3.8) is 0 Å². The van der Waals surface area contributed by atoms with E-state index in [-0.39, 0.29) is 5.91 Å². The molecule has 0 aliphatic heterocycles. The molecule has 0 saturated heterocycles. The molecule has 1 heterocycles. The van der Waals surface area contributed by atoms with Crippen LogP contribution in [-0.4, -0.2) is 22.5 Å². The quantitative estimate of drug-likeness (QED) is 0.760. The maximum absolute atomic E-state index is 11.9. The number of carbonyl (C=O) groups excluding carboxylic acids is 1. The summed E-state index contributed by atoms with van der Waals surface area (Å²) in [5.41, 5.74) is 2.67. The zero-order valence-corrected chi connectivity index (χ0v) is 12.6. The largest absolute Gasteiger partial charge is 0.493 e. The van der Waals surface area contributed by atoms with Gasteiger partial charge in [-0.1, -0.05) is 24.3 Å². The summed E-state index contributed by atoms with van der Waals surface area (Å²) in [4.78, 5) is 20.3. The van der Waals surface area contributed by atoms with Gasteiger partial charge in [-0.3, -0.25) is 14.8 Å². The summed E-state index contributed by atoms with van der Waals surface area (Å²) in [5.74, 6) is 0.730. The van der Waals surface area contributed by atoms with E-state index < -0.39 is 0 Å². The topological polar surface area (TPSA) is 64.1 Å². The maximum Gasteiger partial charge on any atom is 0.223 e. The second kappa shape index (κ2) is 7.35. The fourth-order valence-corrected chi connectivity index (χ4v) is 2.19. The summed E-state index contributed by atoms with van der Waals surface area (Å²) in [6.07, 6.45) is 3.64. The molecule has 0 bridgehead atoms. The summed E-state index contributed by atoms with van der Waals surface area (Å²) in [7, 11) is 0. The van der Waals surface area contributed by atoms with E-state index in [0.29, 0.717) is 19.6 Å². The Balaban J connectivity index is 1.46. The fraction of sp³-hybridized carbons (Fsp3) is 0.167. The van der Waals surface area contributed by atoms with Crippen molar-refractivity contribution in [1.82, 2.24) is 15.3 Å². The van der Waals surface area contributed by atoms with Gasteiger partial charge in [-0.25, -0.2) is 0 Å². The third-order valence-corrected chi connectivity index (χ3v) is 3.36. The normalized spacial score (nSPS) is 10.4. The second-order valence-corrected chi connectivity index (χ2v) is 5.07. The number of nitrogens with one attached hydrogen (secondary N) is 1. The van der Waals surface area contributed by atoms with Crippen LogP contribution in [0.1, 0.15) is 12.0 Å². The average molecular weight is 307 g/mol. The number of carbonyl (C=O) groups is 1. The van der Waals surface area contributed by atoms with Crippen LogP contribution in [0.5, 0.6) is 5.75 Å². The molecule has 5 heteroatoms. The minimum Gasteiger partial charge on any atom is -0.493 e. The number of aromatic nitrogens is 2. The fourth-order valence-electron chi connectivity index (χ4n) is 2.19. The van der Waals surface area contributed by atoms with Crippen LogP contribution >= 0.6 is 0 Å². The molecule has 0 radical (unpaired) electrons. The van der Waals surface area contributed by atoms with E-state index in [1.165, 1.54) is 0 Å². The molecular weight excluding hydrogens is 290 g/mol. The number of ether oxygens (including phenoxy) is 1. The highest BCUT2D eigenvalue weighted by molar-refractivity contribution is 5.77. The van der Waals surface area contributed by atoms with Gasteiger partial charge in [0.05, 0.1) is 24.1 Å². The van der Waals surface area contributed by atoms with Crippen LogP contribution in [-0.2, 0) is 11.3 Å². The van der Waals surface area contributed by atoms with E-state index in [1.54, 1.807) is 12.4 Å². The zero-order valence-electron chi connectivity index (χ0n) is 12.6. The van der Waals surface area contributed by atoms with Gasteiger partial charge in [-0.2, -0.15) is 0 Å². The summed E-state index contributed by atoms with van der Waals surface area (Å²) in [5, 5.41) is 2.88. The minimum absolute atomic E-state index is 0.0415. The van der Waals surface area contributed by atoms with E-state index in [4.69, 9.17) is 4.74 Å². The minimum atomic E-state index is -0.0415. The van der Waals surface area contributed by atoms with Crippen LogP contribution < -0.4 is 10.1 Å². The van der Waals surface area contributed by atoms with Crippen LogP contribution in [0.4, 0.5) is 0 Å². The van der Waals surface area contributed by atoms with Crippen molar-refractivity contribution in [3.05, 3.63) is 66.5 Å². The molecule has 3 aromatic rings. The molecular formula is C18H17N3O2. The van der Waals surface area contributed by atoms with Crippen molar-refractivity contribution in [2.75, 3.05) is 6.61 Å². The van der Waals surface area contributed by atoms with Gasteiger partial charge in [0, 0.05) is 18.9 Å². The first-order chi connectivity index (χ1) is 11.3. The Morgan fingerprint density at radius 2 is 1.78 bits per heavy atom. The third-order valence-electron chi connectivity index (χ3n) is 3.36. The van der Waals surface area contributed by atoms with Gasteiger partial charge in [-0.15, -0.1) is 0 Å². The molecule has 3 rings (SSSR count). The number of nitrogens with zero attached hydrogens (tertiary/aromatic N) is 2. The highest BCUT2D eigenvalue weighted by Gasteiger charge is 2.03. The van der Waals surface area contributed by atoms with Gasteiger partial charge in [0.15, 0.2) is 0 Å². The molecule has 1 amide bonds. The second-order valence-electron chi connectivity index (χ2n) is 5.07. The molecule has 0 fully saturated rings. The smallest absolute Gasteiger partial charge is 0.223 e. The molecule has 0 atom stereocenters.